The summed E-state index contributed by atoms with van der Waals surface area (Å²) in [6.45, 7) is 6.88. The van der Waals surface area contributed by atoms with E-state index in [9.17, 15) is 0 Å². The average molecular weight is 457 g/mol. The summed E-state index contributed by atoms with van der Waals surface area (Å²) >= 11 is 12.7. The molecular weight excluding hydrogens is 411 g/mol. The molecule has 0 aliphatic rings. The van der Waals surface area contributed by atoms with E-state index in [1.54, 1.807) is 0 Å². The number of unbranched alkanes of at least 4 members (excludes halogenated alkanes) is 12. The van der Waals surface area contributed by atoms with Crippen LogP contribution in [0.4, 0.5) is 0 Å². The molecule has 26 heavy (non-hydrogen) atoms. The van der Waals surface area contributed by atoms with Gasteiger partial charge < -0.3 is 0 Å². The molecule has 0 unspecified atom stereocenters. The molecule has 5 heteroatoms. The largest absolute Gasteiger partial charge is 0.109 e. The molecule has 0 aromatic heterocycles. The molecule has 0 bridgehead atoms. The Morgan fingerprint density at radius 3 is 1.00 bits per heavy atom. The van der Waals surface area contributed by atoms with Crippen LogP contribution >= 0.6 is 37.8 Å². The Hall–Kier alpha value is 1.70. The normalized spacial score (nSPS) is 12.0. The summed E-state index contributed by atoms with van der Waals surface area (Å²) in [5.41, 5.74) is 0. The first-order valence-corrected chi connectivity index (χ1v) is 18.8. The van der Waals surface area contributed by atoms with Crippen molar-refractivity contribution in [2.24, 2.45) is 0 Å². The second-order valence-corrected chi connectivity index (χ2v) is 23.1. The van der Waals surface area contributed by atoms with Crippen molar-refractivity contribution in [2.45, 2.75) is 117 Å². The minimum Gasteiger partial charge on any atom is -0.104 e. The van der Waals surface area contributed by atoms with Gasteiger partial charge in [0.25, 0.3) is 0 Å². The summed E-state index contributed by atoms with van der Waals surface area (Å²) in [7, 11) is 0. The van der Waals surface area contributed by atoms with Crippen molar-refractivity contribution in [1.29, 1.82) is 0 Å². The molecule has 0 heterocycles. The van der Waals surface area contributed by atoms with Gasteiger partial charge in [0.05, 0.1) is 0 Å². The minimum atomic E-state index is -1.30. The fourth-order valence-corrected chi connectivity index (χ4v) is 16.5. The SMILES string of the molecule is CCCCCCCSP(=S)(SCCCCCCC)SCCCCCCC. The Morgan fingerprint density at radius 2 is 0.731 bits per heavy atom. The van der Waals surface area contributed by atoms with Crippen molar-refractivity contribution >= 4 is 49.6 Å². The summed E-state index contributed by atoms with van der Waals surface area (Å²) in [5, 5.41) is 0. The minimum absolute atomic E-state index is 1.30. The van der Waals surface area contributed by atoms with Gasteiger partial charge in [-0.3, -0.25) is 0 Å². The lowest BCUT2D eigenvalue weighted by molar-refractivity contribution is 0.659. The molecule has 0 fully saturated rings. The van der Waals surface area contributed by atoms with Crippen LogP contribution in [0.25, 0.3) is 0 Å². The highest BCUT2D eigenvalue weighted by atomic mass is 33.5. The summed E-state index contributed by atoms with van der Waals surface area (Å²) in [6, 6.07) is 0. The van der Waals surface area contributed by atoms with E-state index in [0.29, 0.717) is 0 Å². The van der Waals surface area contributed by atoms with E-state index in [2.05, 4.69) is 54.9 Å². The zero-order valence-electron chi connectivity index (χ0n) is 17.8. The lowest BCUT2D eigenvalue weighted by Crippen LogP contribution is -1.85. The third-order valence-corrected chi connectivity index (χ3v) is 19.9. The van der Waals surface area contributed by atoms with E-state index in [0.717, 1.165) is 0 Å². The standard InChI is InChI=1S/C21H45PS4/c1-4-7-10-13-16-19-24-22(23,25-20-17-14-11-8-5-2)26-21-18-15-12-9-6-3/h4-21H2,1-3H3. The molecule has 158 valence electrons. The zero-order chi connectivity index (χ0) is 19.3. The molecule has 0 aromatic carbocycles. The molecule has 0 nitrogen and oxygen atoms in total. The molecule has 0 saturated carbocycles. The molecule has 0 N–H and O–H groups in total. The fourth-order valence-electron chi connectivity index (χ4n) is 2.76. The van der Waals surface area contributed by atoms with Crippen LogP contribution in [0.2, 0.25) is 0 Å². The van der Waals surface area contributed by atoms with E-state index in [1.165, 1.54) is 114 Å². The summed E-state index contributed by atoms with van der Waals surface area (Å²) in [4.78, 5) is 0. The first-order chi connectivity index (χ1) is 12.7. The third kappa shape index (κ3) is 19.0. The topological polar surface area (TPSA) is 0 Å². The van der Waals surface area contributed by atoms with Gasteiger partial charge in [-0.25, -0.2) is 0 Å². The monoisotopic (exact) mass is 456 g/mol. The summed E-state index contributed by atoms with van der Waals surface area (Å²) in [5.74, 6) is 3.89. The molecule has 0 spiro atoms. The van der Waals surface area contributed by atoms with Crippen molar-refractivity contribution in [2.75, 3.05) is 17.3 Å². The number of rotatable bonds is 21. The van der Waals surface area contributed by atoms with Gasteiger partial charge in [0.1, 0.15) is 3.64 Å². The van der Waals surface area contributed by atoms with Gasteiger partial charge >= 0.3 is 0 Å². The van der Waals surface area contributed by atoms with Crippen molar-refractivity contribution in [3.05, 3.63) is 0 Å². The lowest BCUT2D eigenvalue weighted by Gasteiger charge is -2.20. The Labute approximate surface area is 183 Å². The van der Waals surface area contributed by atoms with Crippen LogP contribution < -0.4 is 0 Å². The van der Waals surface area contributed by atoms with Crippen molar-refractivity contribution in [3.63, 3.8) is 0 Å². The van der Waals surface area contributed by atoms with E-state index >= 15 is 0 Å². The van der Waals surface area contributed by atoms with Crippen molar-refractivity contribution in [1.82, 2.24) is 0 Å². The maximum Gasteiger partial charge on any atom is 0.109 e. The Morgan fingerprint density at radius 1 is 0.462 bits per heavy atom. The van der Waals surface area contributed by atoms with Crippen LogP contribution in [0, 0.1) is 0 Å². The first-order valence-electron chi connectivity index (χ1n) is 11.2. The molecule has 0 rings (SSSR count). The second kappa shape index (κ2) is 21.4. The summed E-state index contributed by atoms with van der Waals surface area (Å²) in [6.07, 6.45) is 20.8. The van der Waals surface area contributed by atoms with Crippen molar-refractivity contribution in [3.8, 4) is 0 Å². The van der Waals surface area contributed by atoms with Crippen LogP contribution in [-0.4, -0.2) is 17.3 Å². The second-order valence-electron chi connectivity index (χ2n) is 7.19. The highest BCUT2D eigenvalue weighted by molar-refractivity contribution is 9.23. The molecule has 0 saturated heterocycles. The fraction of sp³-hybridized carbons (Fsp3) is 1.00. The predicted octanol–water partition coefficient (Wildman–Crippen LogP) is 10.3. The third-order valence-electron chi connectivity index (χ3n) is 4.49. The maximum atomic E-state index is 6.20. The highest BCUT2D eigenvalue weighted by Crippen LogP contribution is 2.78. The van der Waals surface area contributed by atoms with Gasteiger partial charge in [-0.05, 0) is 36.5 Å². The van der Waals surface area contributed by atoms with Crippen LogP contribution in [0.3, 0.4) is 0 Å². The predicted molar refractivity (Wildman–Crippen MR) is 138 cm³/mol. The van der Waals surface area contributed by atoms with E-state index in [4.69, 9.17) is 11.8 Å². The molecule has 0 radical (unpaired) electrons. The molecule has 0 atom stereocenters. The van der Waals surface area contributed by atoms with E-state index in [1.807, 2.05) is 0 Å². The van der Waals surface area contributed by atoms with Gasteiger partial charge in [0, 0.05) is 0 Å². The van der Waals surface area contributed by atoms with Gasteiger partial charge in [0.15, 0.2) is 0 Å². The highest BCUT2D eigenvalue weighted by Gasteiger charge is 2.18. The Bertz CT molecular complexity index is 276. The quantitative estimate of drug-likeness (QED) is 0.124. The maximum absolute atomic E-state index is 6.20. The number of hydrogen-bond acceptors (Lipinski definition) is 4. The van der Waals surface area contributed by atoms with Gasteiger partial charge in [-0.1, -0.05) is 110 Å². The average Bonchev–Trinajstić information content (AvgIpc) is 2.64. The molecule has 0 amide bonds. The van der Waals surface area contributed by atoms with E-state index < -0.39 is 3.64 Å². The molecule has 0 aliphatic heterocycles. The Kier molecular flexibility index (Phi) is 22.8. The van der Waals surface area contributed by atoms with Crippen LogP contribution in [-0.2, 0) is 11.8 Å². The first kappa shape index (κ1) is 27.7. The van der Waals surface area contributed by atoms with Crippen LogP contribution in [0.15, 0.2) is 0 Å². The summed E-state index contributed by atoms with van der Waals surface area (Å²) < 4.78 is -1.30. The Balaban J connectivity index is 4.04. The zero-order valence-corrected chi connectivity index (χ0v) is 22.0. The number of hydrogen-bond donors (Lipinski definition) is 0. The van der Waals surface area contributed by atoms with Gasteiger partial charge in [-0.15, -0.1) is 34.1 Å². The lowest BCUT2D eigenvalue weighted by atomic mass is 10.2. The smallest absolute Gasteiger partial charge is 0.104 e. The van der Waals surface area contributed by atoms with Gasteiger partial charge in [0.2, 0.25) is 0 Å². The molecule has 0 aromatic rings. The molecule has 0 aliphatic carbocycles. The van der Waals surface area contributed by atoms with Crippen LogP contribution in [0.1, 0.15) is 117 Å². The van der Waals surface area contributed by atoms with Gasteiger partial charge in [-0.2, -0.15) is 0 Å². The van der Waals surface area contributed by atoms with E-state index in [-0.39, 0.29) is 0 Å². The van der Waals surface area contributed by atoms with Crippen LogP contribution in [0.5, 0.6) is 0 Å². The molecular formula is C21H45PS4. The van der Waals surface area contributed by atoms with Crippen molar-refractivity contribution < 1.29 is 0 Å².